The Balaban J connectivity index is 2.18. The summed E-state index contributed by atoms with van der Waals surface area (Å²) in [6, 6.07) is 9.17. The number of hydrogen-bond donors (Lipinski definition) is 1. The van der Waals surface area contributed by atoms with E-state index in [1.165, 1.54) is 48.4 Å². The number of ketones is 1. The Kier molecular flexibility index (Phi) is 6.74. The number of carbonyl (C=O) groups excluding carboxylic acids is 2. The zero-order chi connectivity index (χ0) is 21.8. The monoisotopic (exact) mass is 433 g/mol. The zero-order valence-corrected chi connectivity index (χ0v) is 17.3. The van der Waals surface area contributed by atoms with Crippen LogP contribution in [0, 0.1) is 5.82 Å². The minimum Gasteiger partial charge on any atom is -0.507 e. The average molecular weight is 434 g/mol. The fourth-order valence-corrected chi connectivity index (χ4v) is 3.59. The topological polar surface area (TPSA) is 76.1 Å². The minimum atomic E-state index is -0.910. The van der Waals surface area contributed by atoms with Gasteiger partial charge in [-0.3, -0.25) is 9.59 Å². The van der Waals surface area contributed by atoms with E-state index in [-0.39, 0.29) is 29.3 Å². The van der Waals surface area contributed by atoms with E-state index in [2.05, 4.69) is 0 Å². The quantitative estimate of drug-likeness (QED) is 0.406. The fraction of sp³-hybridized carbons (Fsp3) is 0.273. The lowest BCUT2D eigenvalue weighted by atomic mass is 9.95. The van der Waals surface area contributed by atoms with Crippen molar-refractivity contribution in [1.82, 2.24) is 4.90 Å². The Labute approximate surface area is 178 Å². The first-order valence-electron chi connectivity index (χ1n) is 9.34. The van der Waals surface area contributed by atoms with Crippen molar-refractivity contribution in [1.29, 1.82) is 0 Å². The van der Waals surface area contributed by atoms with Crippen LogP contribution in [0.25, 0.3) is 5.76 Å². The highest BCUT2D eigenvalue weighted by atomic mass is 35.5. The molecule has 158 valence electrons. The third kappa shape index (κ3) is 4.17. The zero-order valence-electron chi connectivity index (χ0n) is 16.5. The summed E-state index contributed by atoms with van der Waals surface area (Å²) >= 11 is 6.26. The van der Waals surface area contributed by atoms with E-state index in [0.717, 1.165) is 0 Å². The van der Waals surface area contributed by atoms with Crippen LogP contribution in [0.3, 0.4) is 0 Å². The molecule has 1 amide bonds. The second-order valence-electron chi connectivity index (χ2n) is 6.61. The first-order valence-corrected chi connectivity index (χ1v) is 9.72. The molecule has 1 N–H and O–H groups in total. The number of benzene rings is 2. The van der Waals surface area contributed by atoms with Crippen LogP contribution in [0.15, 0.2) is 48.0 Å². The lowest BCUT2D eigenvalue weighted by molar-refractivity contribution is -0.140. The molecule has 0 radical (unpaired) electrons. The summed E-state index contributed by atoms with van der Waals surface area (Å²) in [4.78, 5) is 26.9. The molecule has 2 aromatic carbocycles. The Morgan fingerprint density at radius 2 is 1.90 bits per heavy atom. The highest BCUT2D eigenvalue weighted by molar-refractivity contribution is 6.47. The summed E-state index contributed by atoms with van der Waals surface area (Å²) < 4.78 is 24.0. The summed E-state index contributed by atoms with van der Waals surface area (Å²) in [6.07, 6.45) is 0. The molecule has 1 heterocycles. The van der Waals surface area contributed by atoms with Crippen LogP contribution in [-0.2, 0) is 14.3 Å². The third-order valence-electron chi connectivity index (χ3n) is 4.77. The van der Waals surface area contributed by atoms with Crippen LogP contribution in [0.1, 0.15) is 24.1 Å². The standard InChI is InChI=1S/C22H21ClFNO5/c1-3-30-15-8-9-17(23)16(12-15)20(26)18-19(13-4-6-14(24)7-5-13)25(10-11-29-2)22(28)21(18)27/h4-9,12,19,26H,3,10-11H2,1-2H3/b20-18+. The number of carbonyl (C=O) groups is 2. The van der Waals surface area contributed by atoms with Gasteiger partial charge in [0.05, 0.1) is 29.9 Å². The lowest BCUT2D eigenvalue weighted by Gasteiger charge is -2.25. The van der Waals surface area contributed by atoms with E-state index >= 15 is 0 Å². The second-order valence-corrected chi connectivity index (χ2v) is 7.02. The maximum Gasteiger partial charge on any atom is 0.295 e. The molecule has 1 fully saturated rings. The molecule has 8 heteroatoms. The van der Waals surface area contributed by atoms with E-state index in [4.69, 9.17) is 21.1 Å². The van der Waals surface area contributed by atoms with Crippen LogP contribution in [-0.4, -0.2) is 48.6 Å². The number of ether oxygens (including phenoxy) is 2. The van der Waals surface area contributed by atoms with Gasteiger partial charge in [0, 0.05) is 19.2 Å². The Bertz CT molecular complexity index is 990. The molecule has 30 heavy (non-hydrogen) atoms. The van der Waals surface area contributed by atoms with Crippen molar-refractivity contribution in [2.45, 2.75) is 13.0 Å². The first kappa shape index (κ1) is 21.8. The smallest absolute Gasteiger partial charge is 0.295 e. The van der Waals surface area contributed by atoms with Crippen molar-refractivity contribution < 1.29 is 28.6 Å². The number of methoxy groups -OCH3 is 1. The Morgan fingerprint density at radius 1 is 1.20 bits per heavy atom. The summed E-state index contributed by atoms with van der Waals surface area (Å²) in [5.41, 5.74) is 0.517. The number of Topliss-reactive ketones (excluding diaryl/α,β-unsaturated/α-hetero) is 1. The maximum atomic E-state index is 13.5. The molecule has 0 spiro atoms. The number of rotatable bonds is 7. The molecule has 3 rings (SSSR count). The average Bonchev–Trinajstić information content (AvgIpc) is 2.98. The van der Waals surface area contributed by atoms with E-state index in [1.54, 1.807) is 6.07 Å². The van der Waals surface area contributed by atoms with E-state index in [9.17, 15) is 19.1 Å². The van der Waals surface area contributed by atoms with Crippen molar-refractivity contribution in [3.8, 4) is 5.75 Å². The number of amides is 1. The molecule has 6 nitrogen and oxygen atoms in total. The predicted molar refractivity (Wildman–Crippen MR) is 110 cm³/mol. The van der Waals surface area contributed by atoms with Gasteiger partial charge in [-0.1, -0.05) is 23.7 Å². The Hall–Kier alpha value is -2.90. The van der Waals surface area contributed by atoms with Gasteiger partial charge in [-0.2, -0.15) is 0 Å². The molecule has 1 aliphatic heterocycles. The van der Waals surface area contributed by atoms with Crippen molar-refractivity contribution in [2.24, 2.45) is 0 Å². The van der Waals surface area contributed by atoms with Crippen LogP contribution in [0.2, 0.25) is 5.02 Å². The molecule has 0 aromatic heterocycles. The SMILES string of the molecule is CCOc1ccc(Cl)c(/C(O)=C2\C(=O)C(=O)N(CCOC)C2c2ccc(F)cc2)c1. The van der Waals surface area contributed by atoms with E-state index in [1.807, 2.05) is 6.92 Å². The molecule has 1 atom stereocenters. The van der Waals surface area contributed by atoms with Gasteiger partial charge >= 0.3 is 0 Å². The number of halogens is 2. The Morgan fingerprint density at radius 3 is 2.53 bits per heavy atom. The third-order valence-corrected chi connectivity index (χ3v) is 5.10. The molecule has 1 saturated heterocycles. The highest BCUT2D eigenvalue weighted by Gasteiger charge is 2.46. The summed E-state index contributed by atoms with van der Waals surface area (Å²) in [5.74, 6) is -2.06. The van der Waals surface area contributed by atoms with E-state index < -0.39 is 29.3 Å². The molecule has 1 unspecified atom stereocenters. The normalized spacial score (nSPS) is 18.1. The summed E-state index contributed by atoms with van der Waals surface area (Å²) in [7, 11) is 1.47. The fourth-order valence-electron chi connectivity index (χ4n) is 3.38. The first-order chi connectivity index (χ1) is 14.4. The van der Waals surface area contributed by atoms with Crippen molar-refractivity contribution in [3.05, 3.63) is 70.0 Å². The van der Waals surface area contributed by atoms with Crippen LogP contribution < -0.4 is 4.74 Å². The lowest BCUT2D eigenvalue weighted by Crippen LogP contribution is -2.32. The van der Waals surface area contributed by atoms with Crippen molar-refractivity contribution >= 4 is 29.1 Å². The van der Waals surface area contributed by atoms with E-state index in [0.29, 0.717) is 17.9 Å². The van der Waals surface area contributed by atoms with Gasteiger partial charge in [-0.25, -0.2) is 4.39 Å². The summed E-state index contributed by atoms with van der Waals surface area (Å²) in [5, 5.41) is 11.2. The van der Waals surface area contributed by atoms with Gasteiger partial charge in [0.1, 0.15) is 17.3 Å². The molecular formula is C22H21ClFNO5. The number of aliphatic hydroxyl groups is 1. The van der Waals surface area contributed by atoms with Crippen LogP contribution >= 0.6 is 11.6 Å². The van der Waals surface area contributed by atoms with Crippen LogP contribution in [0.5, 0.6) is 5.75 Å². The highest BCUT2D eigenvalue weighted by Crippen LogP contribution is 2.41. The van der Waals surface area contributed by atoms with Crippen molar-refractivity contribution in [3.63, 3.8) is 0 Å². The molecule has 1 aliphatic rings. The number of nitrogens with zero attached hydrogens (tertiary/aromatic N) is 1. The minimum absolute atomic E-state index is 0.118. The van der Waals surface area contributed by atoms with Gasteiger partial charge in [-0.15, -0.1) is 0 Å². The predicted octanol–water partition coefficient (Wildman–Crippen LogP) is 3.95. The van der Waals surface area contributed by atoms with Gasteiger partial charge in [-0.05, 0) is 42.8 Å². The van der Waals surface area contributed by atoms with Gasteiger partial charge in [0.25, 0.3) is 11.7 Å². The number of hydrogen-bond acceptors (Lipinski definition) is 5. The molecule has 2 aromatic rings. The maximum absolute atomic E-state index is 13.5. The molecule has 0 aliphatic carbocycles. The van der Waals surface area contributed by atoms with Gasteiger partial charge in [0.15, 0.2) is 0 Å². The van der Waals surface area contributed by atoms with Crippen molar-refractivity contribution in [2.75, 3.05) is 26.9 Å². The number of aliphatic hydroxyl groups excluding tert-OH is 1. The molecular weight excluding hydrogens is 413 g/mol. The molecule has 0 bridgehead atoms. The van der Waals surface area contributed by atoms with Gasteiger partial charge < -0.3 is 19.5 Å². The largest absolute Gasteiger partial charge is 0.507 e. The number of likely N-dealkylation sites (tertiary alicyclic amines) is 1. The summed E-state index contributed by atoms with van der Waals surface area (Å²) in [6.45, 7) is 2.51. The molecule has 0 saturated carbocycles. The second kappa shape index (κ2) is 9.28. The van der Waals surface area contributed by atoms with Gasteiger partial charge in [0.2, 0.25) is 0 Å². The van der Waals surface area contributed by atoms with Crippen LogP contribution in [0.4, 0.5) is 4.39 Å².